The van der Waals surface area contributed by atoms with Gasteiger partial charge in [0.25, 0.3) is 5.91 Å². The second kappa shape index (κ2) is 7.79. The van der Waals surface area contributed by atoms with Crippen LogP contribution in [0.15, 0.2) is 24.3 Å². The summed E-state index contributed by atoms with van der Waals surface area (Å²) in [4.78, 5) is 11.5. The fourth-order valence-corrected chi connectivity index (χ4v) is 1.59. The number of aliphatic hydroxyl groups excluding tert-OH is 1. The van der Waals surface area contributed by atoms with Gasteiger partial charge in [0.05, 0.1) is 6.10 Å². The van der Waals surface area contributed by atoms with Gasteiger partial charge >= 0.3 is 0 Å². The van der Waals surface area contributed by atoms with E-state index in [9.17, 15) is 9.90 Å². The number of benzene rings is 1. The molecule has 0 aromatic heterocycles. The van der Waals surface area contributed by atoms with Gasteiger partial charge in [-0.1, -0.05) is 26.0 Å². The Morgan fingerprint density at radius 2 is 1.89 bits per heavy atom. The molecule has 4 nitrogen and oxygen atoms in total. The normalized spacial score (nSPS) is 13.7. The van der Waals surface area contributed by atoms with Gasteiger partial charge in [-0.3, -0.25) is 4.79 Å². The highest BCUT2D eigenvalue weighted by Gasteiger charge is 2.07. The number of amides is 1. The van der Waals surface area contributed by atoms with Gasteiger partial charge in [-0.2, -0.15) is 0 Å². The molecule has 0 bridgehead atoms. The molecule has 106 valence electrons. The van der Waals surface area contributed by atoms with Gasteiger partial charge in [0.1, 0.15) is 5.75 Å². The van der Waals surface area contributed by atoms with Crippen LogP contribution in [-0.4, -0.2) is 23.7 Å². The second-order valence-corrected chi connectivity index (χ2v) is 4.66. The Morgan fingerprint density at radius 1 is 1.26 bits per heavy atom. The summed E-state index contributed by atoms with van der Waals surface area (Å²) in [6.45, 7) is 5.91. The van der Waals surface area contributed by atoms with E-state index in [0.717, 1.165) is 12.0 Å². The molecular weight excluding hydrogens is 242 g/mol. The molecular formula is C15H23NO3. The Kier molecular flexibility index (Phi) is 6.36. The van der Waals surface area contributed by atoms with Crippen LogP contribution in [0.25, 0.3) is 0 Å². The van der Waals surface area contributed by atoms with E-state index in [2.05, 4.69) is 5.32 Å². The van der Waals surface area contributed by atoms with Crippen LogP contribution >= 0.6 is 0 Å². The first-order valence-electron chi connectivity index (χ1n) is 6.77. The van der Waals surface area contributed by atoms with E-state index in [0.29, 0.717) is 12.2 Å². The molecule has 1 aromatic carbocycles. The molecule has 0 saturated heterocycles. The van der Waals surface area contributed by atoms with Crippen LogP contribution in [0.3, 0.4) is 0 Å². The summed E-state index contributed by atoms with van der Waals surface area (Å²) in [5, 5.41) is 12.5. The number of rotatable bonds is 7. The maximum atomic E-state index is 11.5. The van der Waals surface area contributed by atoms with Crippen molar-refractivity contribution in [1.82, 2.24) is 5.32 Å². The van der Waals surface area contributed by atoms with Gasteiger partial charge in [0, 0.05) is 6.04 Å². The van der Waals surface area contributed by atoms with Gasteiger partial charge in [0.15, 0.2) is 6.61 Å². The zero-order chi connectivity index (χ0) is 14.3. The Balaban J connectivity index is 2.43. The third-order valence-electron chi connectivity index (χ3n) is 3.04. The highest BCUT2D eigenvalue weighted by molar-refractivity contribution is 5.77. The molecule has 0 fully saturated rings. The fraction of sp³-hybridized carbons (Fsp3) is 0.533. The van der Waals surface area contributed by atoms with Gasteiger partial charge < -0.3 is 15.2 Å². The van der Waals surface area contributed by atoms with Crippen LogP contribution < -0.4 is 10.1 Å². The fourth-order valence-electron chi connectivity index (χ4n) is 1.59. The minimum absolute atomic E-state index is 0.0139. The van der Waals surface area contributed by atoms with Gasteiger partial charge in [-0.05, 0) is 37.5 Å². The lowest BCUT2D eigenvalue weighted by Crippen LogP contribution is -2.35. The largest absolute Gasteiger partial charge is 0.484 e. The predicted molar refractivity (Wildman–Crippen MR) is 75.1 cm³/mol. The van der Waals surface area contributed by atoms with E-state index in [-0.39, 0.29) is 18.6 Å². The summed E-state index contributed by atoms with van der Waals surface area (Å²) >= 11 is 0. The monoisotopic (exact) mass is 265 g/mol. The Bertz CT molecular complexity index is 389. The average molecular weight is 265 g/mol. The van der Waals surface area contributed by atoms with E-state index in [1.165, 1.54) is 0 Å². The average Bonchev–Trinajstić information content (AvgIpc) is 2.44. The third kappa shape index (κ3) is 5.30. The van der Waals surface area contributed by atoms with Crippen LogP contribution in [0.5, 0.6) is 5.75 Å². The number of ether oxygens (including phenoxy) is 1. The number of hydrogen-bond acceptors (Lipinski definition) is 3. The molecule has 2 N–H and O–H groups in total. The van der Waals surface area contributed by atoms with Crippen LogP contribution in [0.1, 0.15) is 45.3 Å². The summed E-state index contributed by atoms with van der Waals surface area (Å²) in [5.74, 6) is 0.512. The Hall–Kier alpha value is -1.55. The smallest absolute Gasteiger partial charge is 0.258 e. The van der Waals surface area contributed by atoms with Crippen LogP contribution in [0.4, 0.5) is 0 Å². The molecule has 0 saturated carbocycles. The van der Waals surface area contributed by atoms with Gasteiger partial charge in [-0.25, -0.2) is 0 Å². The topological polar surface area (TPSA) is 58.6 Å². The van der Waals surface area contributed by atoms with Crippen LogP contribution in [-0.2, 0) is 4.79 Å². The molecule has 1 amide bonds. The molecule has 0 aliphatic carbocycles. The van der Waals surface area contributed by atoms with E-state index in [4.69, 9.17) is 4.74 Å². The summed E-state index contributed by atoms with van der Waals surface area (Å²) in [6.07, 6.45) is 1.13. The highest BCUT2D eigenvalue weighted by atomic mass is 16.5. The molecule has 0 radical (unpaired) electrons. The lowest BCUT2D eigenvalue weighted by atomic mass is 10.1. The number of nitrogens with one attached hydrogen (secondary N) is 1. The Morgan fingerprint density at radius 3 is 2.42 bits per heavy atom. The molecule has 1 unspecified atom stereocenters. The van der Waals surface area contributed by atoms with E-state index in [1.54, 1.807) is 12.1 Å². The summed E-state index contributed by atoms with van der Waals surface area (Å²) in [7, 11) is 0. The maximum absolute atomic E-state index is 11.5. The minimum atomic E-state index is -0.442. The van der Waals surface area contributed by atoms with Crippen molar-refractivity contribution in [2.24, 2.45) is 0 Å². The van der Waals surface area contributed by atoms with Crippen LogP contribution in [0.2, 0.25) is 0 Å². The molecule has 0 aliphatic heterocycles. The lowest BCUT2D eigenvalue weighted by Gasteiger charge is -2.13. The molecule has 19 heavy (non-hydrogen) atoms. The van der Waals surface area contributed by atoms with Crippen molar-refractivity contribution in [2.45, 2.75) is 45.8 Å². The maximum Gasteiger partial charge on any atom is 0.258 e. The standard InChI is InChI=1S/C15H23NO3/c1-4-11(3)16-15(18)10-19-13-8-6-12(7-9-13)14(17)5-2/h6-9,11,14,17H,4-5,10H2,1-3H3,(H,16,18)/t11?,14-/m0/s1. The zero-order valence-corrected chi connectivity index (χ0v) is 11.8. The Labute approximate surface area is 114 Å². The van der Waals surface area contributed by atoms with Crippen molar-refractivity contribution in [1.29, 1.82) is 0 Å². The molecule has 1 aromatic rings. The molecule has 0 aliphatic rings. The van der Waals surface area contributed by atoms with Crippen molar-refractivity contribution < 1.29 is 14.6 Å². The quantitative estimate of drug-likeness (QED) is 0.796. The first-order valence-corrected chi connectivity index (χ1v) is 6.77. The summed E-state index contributed by atoms with van der Waals surface area (Å²) in [5.41, 5.74) is 0.860. The van der Waals surface area contributed by atoms with Crippen molar-refractivity contribution in [3.8, 4) is 5.75 Å². The highest BCUT2D eigenvalue weighted by Crippen LogP contribution is 2.19. The summed E-state index contributed by atoms with van der Waals surface area (Å²) < 4.78 is 5.39. The minimum Gasteiger partial charge on any atom is -0.484 e. The number of carbonyl (C=O) groups is 1. The molecule has 0 heterocycles. The predicted octanol–water partition coefficient (Wildman–Crippen LogP) is 2.42. The third-order valence-corrected chi connectivity index (χ3v) is 3.04. The second-order valence-electron chi connectivity index (χ2n) is 4.66. The van der Waals surface area contributed by atoms with Crippen molar-refractivity contribution in [3.63, 3.8) is 0 Å². The number of carbonyl (C=O) groups excluding carboxylic acids is 1. The first-order chi connectivity index (χ1) is 9.06. The zero-order valence-electron chi connectivity index (χ0n) is 11.8. The SMILES string of the molecule is CCC(C)NC(=O)COc1ccc([C@@H](O)CC)cc1. The molecule has 0 spiro atoms. The molecule has 4 heteroatoms. The van der Waals surface area contributed by atoms with E-state index in [1.807, 2.05) is 32.9 Å². The number of aliphatic hydroxyl groups is 1. The van der Waals surface area contributed by atoms with Crippen molar-refractivity contribution >= 4 is 5.91 Å². The number of hydrogen-bond donors (Lipinski definition) is 2. The van der Waals surface area contributed by atoms with Crippen molar-refractivity contribution in [2.75, 3.05) is 6.61 Å². The molecule has 2 atom stereocenters. The molecule has 1 rings (SSSR count). The lowest BCUT2D eigenvalue weighted by molar-refractivity contribution is -0.123. The summed E-state index contributed by atoms with van der Waals surface area (Å²) in [6, 6.07) is 7.33. The van der Waals surface area contributed by atoms with Crippen LogP contribution in [0, 0.1) is 0 Å². The first kappa shape index (κ1) is 15.5. The van der Waals surface area contributed by atoms with E-state index < -0.39 is 6.10 Å². The van der Waals surface area contributed by atoms with Crippen molar-refractivity contribution in [3.05, 3.63) is 29.8 Å². The van der Waals surface area contributed by atoms with Gasteiger partial charge in [-0.15, -0.1) is 0 Å². The van der Waals surface area contributed by atoms with E-state index >= 15 is 0 Å². The van der Waals surface area contributed by atoms with Gasteiger partial charge in [0.2, 0.25) is 0 Å².